The lowest BCUT2D eigenvalue weighted by atomic mass is 9.96. The van der Waals surface area contributed by atoms with Gasteiger partial charge in [0.05, 0.1) is 0 Å². The van der Waals surface area contributed by atoms with Crippen LogP contribution in [0.25, 0.3) is 0 Å². The van der Waals surface area contributed by atoms with Crippen molar-refractivity contribution in [2.75, 3.05) is 29.9 Å². The van der Waals surface area contributed by atoms with Crippen molar-refractivity contribution in [3.63, 3.8) is 0 Å². The Bertz CT molecular complexity index is 1050. The molecule has 0 saturated carbocycles. The number of nitrogens with one attached hydrogen (secondary N) is 3. The highest BCUT2D eigenvalue weighted by Crippen LogP contribution is 2.22. The molecule has 2 aromatic heterocycles. The van der Waals surface area contributed by atoms with Gasteiger partial charge in [-0.3, -0.25) is 9.78 Å². The van der Waals surface area contributed by atoms with E-state index in [9.17, 15) is 9.59 Å². The number of thiophene rings is 1. The van der Waals surface area contributed by atoms with E-state index in [0.717, 1.165) is 30.8 Å². The lowest BCUT2D eigenvalue weighted by molar-refractivity contribution is -0.123. The third kappa shape index (κ3) is 6.95. The van der Waals surface area contributed by atoms with Crippen LogP contribution in [0.3, 0.4) is 0 Å². The highest BCUT2D eigenvalue weighted by Gasteiger charge is 2.24. The van der Waals surface area contributed by atoms with Crippen molar-refractivity contribution >= 4 is 46.3 Å². The smallest absolute Gasteiger partial charge is 0.319 e. The van der Waals surface area contributed by atoms with Crippen molar-refractivity contribution in [3.05, 3.63) is 76.2 Å². The number of nitrogens with zero attached hydrogens (tertiary/aromatic N) is 2. The number of pyridine rings is 1. The van der Waals surface area contributed by atoms with E-state index in [1.807, 2.05) is 42.0 Å². The molecule has 1 aromatic carbocycles. The predicted molar refractivity (Wildman–Crippen MR) is 138 cm³/mol. The molecule has 1 saturated heterocycles. The molecule has 1 aliphatic rings. The van der Waals surface area contributed by atoms with Gasteiger partial charge < -0.3 is 20.9 Å². The number of anilines is 2. The summed E-state index contributed by atoms with van der Waals surface area (Å²) < 4.78 is 0. The fourth-order valence-corrected chi connectivity index (χ4v) is 4.89. The molecule has 0 radical (unpaired) electrons. The van der Waals surface area contributed by atoms with E-state index in [1.165, 1.54) is 5.69 Å². The molecule has 3 amide bonds. The number of piperidine rings is 1. The minimum absolute atomic E-state index is 0.170. The van der Waals surface area contributed by atoms with Gasteiger partial charge in [-0.1, -0.05) is 17.7 Å². The lowest BCUT2D eigenvalue weighted by Gasteiger charge is -2.33. The Hall–Kier alpha value is -3.10. The summed E-state index contributed by atoms with van der Waals surface area (Å²) in [6.45, 7) is 2.50. The molecule has 7 nitrogen and oxygen atoms in total. The van der Waals surface area contributed by atoms with Gasteiger partial charge in [0.15, 0.2) is 0 Å². The van der Waals surface area contributed by atoms with Crippen LogP contribution in [0, 0.1) is 5.92 Å². The second-order valence-corrected chi connectivity index (χ2v) is 9.79. The second kappa shape index (κ2) is 11.9. The summed E-state index contributed by atoms with van der Waals surface area (Å²) >= 11 is 7.48. The molecule has 3 aromatic rings. The summed E-state index contributed by atoms with van der Waals surface area (Å²) in [7, 11) is 0. The minimum atomic E-state index is -0.664. The predicted octanol–water partition coefficient (Wildman–Crippen LogP) is 4.56. The van der Waals surface area contributed by atoms with Gasteiger partial charge in [-0.05, 0) is 66.6 Å². The molecule has 1 fully saturated rings. The Morgan fingerprint density at radius 2 is 1.82 bits per heavy atom. The number of carbonyl (C=O) groups is 2. The third-order valence-electron chi connectivity index (χ3n) is 5.92. The molecule has 4 rings (SSSR count). The maximum absolute atomic E-state index is 13.0. The van der Waals surface area contributed by atoms with Crippen LogP contribution in [0.15, 0.2) is 66.3 Å². The summed E-state index contributed by atoms with van der Waals surface area (Å²) in [5, 5.41) is 11.2. The number of aromatic nitrogens is 1. The van der Waals surface area contributed by atoms with Gasteiger partial charge in [0, 0.05) is 59.7 Å². The van der Waals surface area contributed by atoms with E-state index in [4.69, 9.17) is 11.6 Å². The highest BCUT2D eigenvalue weighted by atomic mass is 35.5. The van der Waals surface area contributed by atoms with E-state index < -0.39 is 12.1 Å². The number of urea groups is 1. The van der Waals surface area contributed by atoms with Crippen molar-refractivity contribution in [3.8, 4) is 0 Å². The van der Waals surface area contributed by atoms with E-state index in [0.29, 0.717) is 29.6 Å². The molecule has 0 spiro atoms. The molecule has 178 valence electrons. The first kappa shape index (κ1) is 24.0. The van der Waals surface area contributed by atoms with Crippen LogP contribution in [0.5, 0.6) is 0 Å². The summed E-state index contributed by atoms with van der Waals surface area (Å²) in [6, 6.07) is 13.7. The number of amides is 3. The summed E-state index contributed by atoms with van der Waals surface area (Å²) in [5.41, 5.74) is 1.79. The van der Waals surface area contributed by atoms with Crippen LogP contribution in [0.4, 0.5) is 16.2 Å². The summed E-state index contributed by atoms with van der Waals surface area (Å²) in [4.78, 5) is 33.1. The molecular weight excluding hydrogens is 470 g/mol. The molecule has 0 aliphatic carbocycles. The lowest BCUT2D eigenvalue weighted by Crippen LogP contribution is -2.50. The highest BCUT2D eigenvalue weighted by molar-refractivity contribution is 7.09. The Labute approximate surface area is 208 Å². The van der Waals surface area contributed by atoms with E-state index in [2.05, 4.69) is 25.8 Å². The first-order valence-electron chi connectivity index (χ1n) is 11.3. The monoisotopic (exact) mass is 497 g/mol. The number of carbonyl (C=O) groups excluding carboxylic acids is 2. The van der Waals surface area contributed by atoms with Crippen LogP contribution < -0.4 is 20.9 Å². The Morgan fingerprint density at radius 3 is 2.50 bits per heavy atom. The van der Waals surface area contributed by atoms with E-state index in [-0.39, 0.29) is 5.91 Å². The van der Waals surface area contributed by atoms with Gasteiger partial charge in [0.2, 0.25) is 5.91 Å². The maximum atomic E-state index is 13.0. The minimum Gasteiger partial charge on any atom is -0.371 e. The van der Waals surface area contributed by atoms with Gasteiger partial charge in [0.25, 0.3) is 0 Å². The molecule has 3 N–H and O–H groups in total. The van der Waals surface area contributed by atoms with Gasteiger partial charge in [-0.2, -0.15) is 0 Å². The van der Waals surface area contributed by atoms with Crippen molar-refractivity contribution in [1.29, 1.82) is 0 Å². The van der Waals surface area contributed by atoms with Crippen LogP contribution in [-0.2, 0) is 11.2 Å². The van der Waals surface area contributed by atoms with E-state index in [1.54, 1.807) is 35.6 Å². The first-order chi connectivity index (χ1) is 16.6. The van der Waals surface area contributed by atoms with Gasteiger partial charge in [-0.15, -0.1) is 11.3 Å². The SMILES string of the molecule is O=C(Nc1ccc(Cl)cc1)NC(Cc1cccs1)C(=O)NCC1CCN(c2ccncc2)CC1. The van der Waals surface area contributed by atoms with Crippen LogP contribution >= 0.6 is 22.9 Å². The molecule has 34 heavy (non-hydrogen) atoms. The summed E-state index contributed by atoms with van der Waals surface area (Å²) in [5.74, 6) is 0.239. The number of hydrogen-bond donors (Lipinski definition) is 3. The van der Waals surface area contributed by atoms with Crippen molar-refractivity contribution in [1.82, 2.24) is 15.6 Å². The number of hydrogen-bond acceptors (Lipinski definition) is 5. The van der Waals surface area contributed by atoms with Gasteiger partial charge in [0.1, 0.15) is 6.04 Å². The Balaban J connectivity index is 1.29. The van der Waals surface area contributed by atoms with Crippen LogP contribution in [0.2, 0.25) is 5.02 Å². The van der Waals surface area contributed by atoms with Crippen molar-refractivity contribution in [2.45, 2.75) is 25.3 Å². The normalized spacial score (nSPS) is 14.9. The molecule has 3 heterocycles. The van der Waals surface area contributed by atoms with Gasteiger partial charge in [-0.25, -0.2) is 4.79 Å². The topological polar surface area (TPSA) is 86.4 Å². The molecule has 1 atom stereocenters. The largest absolute Gasteiger partial charge is 0.371 e. The molecule has 1 aliphatic heterocycles. The zero-order chi connectivity index (χ0) is 23.8. The fraction of sp³-hybridized carbons (Fsp3) is 0.320. The molecular formula is C25H28ClN5O2S. The number of benzene rings is 1. The van der Waals surface area contributed by atoms with Crippen molar-refractivity contribution in [2.24, 2.45) is 5.92 Å². The standard InChI is InChI=1S/C25H28ClN5O2S/c26-19-3-5-20(6-4-19)29-25(33)30-23(16-22-2-1-15-34-22)24(32)28-17-18-9-13-31(14-10-18)21-7-11-27-12-8-21/h1-8,11-12,15,18,23H,9-10,13-14,16-17H2,(H,28,32)(H2,29,30,33). The Kier molecular flexibility index (Phi) is 8.38. The van der Waals surface area contributed by atoms with Crippen LogP contribution in [-0.4, -0.2) is 42.6 Å². The van der Waals surface area contributed by atoms with Crippen LogP contribution in [0.1, 0.15) is 17.7 Å². The average Bonchev–Trinajstić information content (AvgIpc) is 3.38. The fourth-order valence-electron chi connectivity index (χ4n) is 4.02. The number of halogens is 1. The summed E-state index contributed by atoms with van der Waals surface area (Å²) in [6.07, 6.45) is 6.07. The third-order valence-corrected chi connectivity index (χ3v) is 7.07. The number of rotatable bonds is 8. The van der Waals surface area contributed by atoms with Crippen molar-refractivity contribution < 1.29 is 9.59 Å². The van der Waals surface area contributed by atoms with E-state index >= 15 is 0 Å². The second-order valence-electron chi connectivity index (χ2n) is 8.32. The Morgan fingerprint density at radius 1 is 1.09 bits per heavy atom. The zero-order valence-electron chi connectivity index (χ0n) is 18.7. The zero-order valence-corrected chi connectivity index (χ0v) is 20.3. The average molecular weight is 498 g/mol. The molecule has 0 bridgehead atoms. The van der Waals surface area contributed by atoms with Gasteiger partial charge >= 0.3 is 6.03 Å². The molecule has 9 heteroatoms. The quantitative estimate of drug-likeness (QED) is 0.425. The molecule has 1 unspecified atom stereocenters. The maximum Gasteiger partial charge on any atom is 0.319 e. The first-order valence-corrected chi connectivity index (χ1v) is 12.6.